The van der Waals surface area contributed by atoms with Crippen molar-refractivity contribution in [1.82, 2.24) is 9.80 Å². The molecule has 2 aliphatic heterocycles. The largest absolute Gasteiger partial charge is 0.494 e. The van der Waals surface area contributed by atoms with Gasteiger partial charge >= 0.3 is 0 Å². The molecule has 0 aliphatic carbocycles. The Morgan fingerprint density at radius 1 is 1.00 bits per heavy atom. The number of hydrogen-bond donors (Lipinski definition) is 0. The highest BCUT2D eigenvalue weighted by atomic mass is 35.5. The molecule has 0 N–H and O–H groups in total. The summed E-state index contributed by atoms with van der Waals surface area (Å²) in [6, 6.07) is 14.3. The summed E-state index contributed by atoms with van der Waals surface area (Å²) in [6.07, 6.45) is 1.88. The second-order valence-electron chi connectivity index (χ2n) is 8.25. The molecule has 0 unspecified atom stereocenters. The van der Waals surface area contributed by atoms with Gasteiger partial charge in [-0.2, -0.15) is 0 Å². The molecule has 2 aromatic rings. The Labute approximate surface area is 194 Å². The number of likely N-dealkylation sites (tertiary alicyclic amines) is 1. The number of halogens is 1. The summed E-state index contributed by atoms with van der Waals surface area (Å²) in [5, 5.41) is 0.583. The number of piperidine rings is 1. The number of carbonyl (C=O) groups is 2. The average Bonchev–Trinajstić information content (AvgIpc) is 3.05. The third-order valence-corrected chi connectivity index (χ3v) is 6.44. The number of rotatable bonds is 6. The molecule has 6 nitrogen and oxygen atoms in total. The predicted molar refractivity (Wildman–Crippen MR) is 127 cm³/mol. The summed E-state index contributed by atoms with van der Waals surface area (Å²) >= 11 is 6.08. The van der Waals surface area contributed by atoms with Crippen LogP contribution in [0.2, 0.25) is 5.02 Å². The van der Waals surface area contributed by atoms with Crippen molar-refractivity contribution in [3.8, 4) is 5.75 Å². The molecule has 168 valence electrons. The van der Waals surface area contributed by atoms with Crippen molar-refractivity contribution < 1.29 is 14.3 Å². The minimum Gasteiger partial charge on any atom is -0.494 e. The first-order chi connectivity index (χ1) is 15.4. The Kier molecular flexibility index (Phi) is 6.53. The number of hydrogen-bond acceptors (Lipinski definition) is 5. The summed E-state index contributed by atoms with van der Waals surface area (Å²) in [5.74, 6) is 0.0756. The van der Waals surface area contributed by atoms with E-state index < -0.39 is 0 Å². The predicted octanol–water partition coefficient (Wildman–Crippen LogP) is 4.05. The minimum atomic E-state index is -0.323. The van der Waals surface area contributed by atoms with Crippen LogP contribution in [0.1, 0.15) is 25.3 Å². The minimum absolute atomic E-state index is 0.195. The van der Waals surface area contributed by atoms with Gasteiger partial charge in [0.25, 0.3) is 11.8 Å². The number of benzene rings is 2. The van der Waals surface area contributed by atoms with E-state index in [-0.39, 0.29) is 17.9 Å². The summed E-state index contributed by atoms with van der Waals surface area (Å²) in [5.41, 5.74) is 2.08. The summed E-state index contributed by atoms with van der Waals surface area (Å²) in [4.78, 5) is 32.8. The Balaban J connectivity index is 1.73. The SMILES string of the molecule is CCOc1ccc(N2C(=O)C(c3ccc(Cl)cc3)=C(N(C)C3CCN(C)CC3)C2=O)cc1. The molecule has 32 heavy (non-hydrogen) atoms. The number of nitrogens with zero attached hydrogens (tertiary/aromatic N) is 3. The van der Waals surface area contributed by atoms with E-state index in [1.165, 1.54) is 4.90 Å². The van der Waals surface area contributed by atoms with Crippen molar-refractivity contribution >= 4 is 34.7 Å². The van der Waals surface area contributed by atoms with E-state index in [9.17, 15) is 9.59 Å². The molecule has 2 aliphatic rings. The van der Waals surface area contributed by atoms with E-state index >= 15 is 0 Å². The Morgan fingerprint density at radius 3 is 2.22 bits per heavy atom. The summed E-state index contributed by atoms with van der Waals surface area (Å²) in [7, 11) is 4.03. The average molecular weight is 454 g/mol. The molecule has 0 radical (unpaired) electrons. The molecule has 0 bridgehead atoms. The van der Waals surface area contributed by atoms with Crippen LogP contribution in [0.4, 0.5) is 5.69 Å². The Hall–Kier alpha value is -2.83. The zero-order valence-electron chi connectivity index (χ0n) is 18.7. The molecular formula is C25H28ClN3O3. The lowest BCUT2D eigenvalue weighted by Gasteiger charge is -2.36. The van der Waals surface area contributed by atoms with Crippen LogP contribution in [0.15, 0.2) is 54.2 Å². The van der Waals surface area contributed by atoms with Crippen LogP contribution < -0.4 is 9.64 Å². The highest BCUT2D eigenvalue weighted by molar-refractivity contribution is 6.45. The second kappa shape index (κ2) is 9.35. The van der Waals surface area contributed by atoms with Crippen molar-refractivity contribution in [3.63, 3.8) is 0 Å². The number of amides is 2. The fourth-order valence-electron chi connectivity index (χ4n) is 4.38. The Morgan fingerprint density at radius 2 is 1.62 bits per heavy atom. The highest BCUT2D eigenvalue weighted by Gasteiger charge is 2.43. The van der Waals surface area contributed by atoms with Gasteiger partial charge in [0.1, 0.15) is 11.4 Å². The van der Waals surface area contributed by atoms with Crippen LogP contribution in [0.5, 0.6) is 5.75 Å². The first kappa shape index (κ1) is 22.4. The van der Waals surface area contributed by atoms with Crippen LogP contribution >= 0.6 is 11.6 Å². The molecule has 7 heteroatoms. The first-order valence-electron chi connectivity index (χ1n) is 10.9. The fourth-order valence-corrected chi connectivity index (χ4v) is 4.51. The van der Waals surface area contributed by atoms with Crippen LogP contribution in [0, 0.1) is 0 Å². The molecule has 0 spiro atoms. The summed E-state index contributed by atoms with van der Waals surface area (Å²) in [6.45, 7) is 4.39. The molecule has 4 rings (SSSR count). The van der Waals surface area contributed by atoms with Gasteiger partial charge in [-0.3, -0.25) is 9.59 Å². The smallest absolute Gasteiger partial charge is 0.282 e. The lowest BCUT2D eigenvalue weighted by Crippen LogP contribution is -2.43. The van der Waals surface area contributed by atoms with E-state index in [0.29, 0.717) is 39.9 Å². The molecule has 1 fully saturated rings. The maximum absolute atomic E-state index is 13.7. The maximum Gasteiger partial charge on any atom is 0.282 e. The number of anilines is 1. The lowest BCUT2D eigenvalue weighted by molar-refractivity contribution is -0.120. The zero-order valence-corrected chi connectivity index (χ0v) is 19.4. The zero-order chi connectivity index (χ0) is 22.8. The normalized spacial score (nSPS) is 17.9. The van der Waals surface area contributed by atoms with Gasteiger partial charge in [0.2, 0.25) is 0 Å². The molecular weight excluding hydrogens is 426 g/mol. The Bertz CT molecular complexity index is 1030. The van der Waals surface area contributed by atoms with Gasteiger partial charge in [-0.1, -0.05) is 23.7 Å². The van der Waals surface area contributed by atoms with Crippen LogP contribution in [0.25, 0.3) is 5.57 Å². The third kappa shape index (κ3) is 4.25. The van der Waals surface area contributed by atoms with Gasteiger partial charge in [0.15, 0.2) is 0 Å². The molecule has 2 aromatic carbocycles. The van der Waals surface area contributed by atoms with Crippen LogP contribution in [0.3, 0.4) is 0 Å². The van der Waals surface area contributed by atoms with Gasteiger partial charge in [0.05, 0.1) is 17.9 Å². The second-order valence-corrected chi connectivity index (χ2v) is 8.68. The van der Waals surface area contributed by atoms with Crippen LogP contribution in [-0.4, -0.2) is 61.4 Å². The van der Waals surface area contributed by atoms with Crippen molar-refractivity contribution in [2.24, 2.45) is 0 Å². The van der Waals surface area contributed by atoms with E-state index in [2.05, 4.69) is 11.9 Å². The van der Waals surface area contributed by atoms with Gasteiger partial charge in [-0.25, -0.2) is 4.90 Å². The first-order valence-corrected chi connectivity index (χ1v) is 11.3. The molecule has 0 atom stereocenters. The van der Waals surface area contributed by atoms with Gasteiger partial charge in [-0.15, -0.1) is 0 Å². The lowest BCUT2D eigenvalue weighted by atomic mass is 10.0. The van der Waals surface area contributed by atoms with Gasteiger partial charge in [-0.05, 0) is 81.9 Å². The monoisotopic (exact) mass is 453 g/mol. The highest BCUT2D eigenvalue weighted by Crippen LogP contribution is 2.36. The molecule has 0 saturated carbocycles. The van der Waals surface area contributed by atoms with E-state index in [0.717, 1.165) is 25.9 Å². The van der Waals surface area contributed by atoms with Crippen molar-refractivity contribution in [3.05, 3.63) is 64.8 Å². The summed E-state index contributed by atoms with van der Waals surface area (Å²) < 4.78 is 5.50. The topological polar surface area (TPSA) is 53.1 Å². The van der Waals surface area contributed by atoms with Crippen LogP contribution in [-0.2, 0) is 9.59 Å². The fraction of sp³-hybridized carbons (Fsp3) is 0.360. The van der Waals surface area contributed by atoms with Crippen molar-refractivity contribution in [2.75, 3.05) is 38.7 Å². The number of carbonyl (C=O) groups excluding carboxylic acids is 2. The van der Waals surface area contributed by atoms with E-state index in [1.54, 1.807) is 48.5 Å². The molecule has 0 aromatic heterocycles. The third-order valence-electron chi connectivity index (χ3n) is 6.19. The van der Waals surface area contributed by atoms with E-state index in [1.807, 2.05) is 18.9 Å². The van der Waals surface area contributed by atoms with Gasteiger partial charge < -0.3 is 14.5 Å². The van der Waals surface area contributed by atoms with E-state index in [4.69, 9.17) is 16.3 Å². The van der Waals surface area contributed by atoms with Crippen molar-refractivity contribution in [1.29, 1.82) is 0 Å². The number of imide groups is 1. The number of likely N-dealkylation sites (N-methyl/N-ethyl adjacent to an activating group) is 1. The quantitative estimate of drug-likeness (QED) is 0.617. The van der Waals surface area contributed by atoms with Crippen molar-refractivity contribution in [2.45, 2.75) is 25.8 Å². The maximum atomic E-state index is 13.7. The van der Waals surface area contributed by atoms with Gasteiger partial charge in [0, 0.05) is 18.1 Å². The standard InChI is InChI=1S/C25H28ClN3O3/c1-4-32-21-11-9-20(10-12-21)29-24(30)22(17-5-7-18(26)8-6-17)23(25(29)31)28(3)19-13-15-27(2)16-14-19/h5-12,19H,4,13-16H2,1-3H3. The molecule has 2 amide bonds. The number of ether oxygens (including phenoxy) is 1. The molecule has 2 heterocycles. The molecule has 1 saturated heterocycles.